The normalized spacial score (nSPS) is 24.9. The molecule has 2 atom stereocenters. The lowest BCUT2D eigenvalue weighted by atomic mass is 9.77. The molecule has 2 fully saturated rings. The Morgan fingerprint density at radius 1 is 1.36 bits per heavy atom. The smallest absolute Gasteiger partial charge is 0.246 e. The van der Waals surface area contributed by atoms with E-state index in [2.05, 4.69) is 33.4 Å². The predicted octanol–water partition coefficient (Wildman–Crippen LogP) is 2.29. The second kappa shape index (κ2) is 7.92. The van der Waals surface area contributed by atoms with Crippen LogP contribution in [0, 0.1) is 11.3 Å². The number of ether oxygens (including phenoxy) is 1. The maximum atomic E-state index is 12.1. The van der Waals surface area contributed by atoms with Crippen molar-refractivity contribution in [2.24, 2.45) is 0 Å². The van der Waals surface area contributed by atoms with Crippen LogP contribution in [0.4, 0.5) is 0 Å². The molecule has 4 rings (SSSR count). The summed E-state index contributed by atoms with van der Waals surface area (Å²) in [5.41, 5.74) is 2.16. The number of nitrogens with zero attached hydrogens (tertiary/aromatic N) is 3. The van der Waals surface area contributed by atoms with Gasteiger partial charge in [-0.2, -0.15) is 5.26 Å². The highest BCUT2D eigenvalue weighted by Gasteiger charge is 2.48. The summed E-state index contributed by atoms with van der Waals surface area (Å²) < 4.78 is 5.98. The number of carbonyl (C=O) groups is 1. The summed E-state index contributed by atoms with van der Waals surface area (Å²) in [5.74, 6) is -0.0630. The van der Waals surface area contributed by atoms with Gasteiger partial charge in [-0.15, -0.1) is 11.8 Å². The van der Waals surface area contributed by atoms with Gasteiger partial charge in [0.15, 0.2) is 0 Å². The van der Waals surface area contributed by atoms with Crippen LogP contribution >= 0.6 is 11.8 Å². The van der Waals surface area contributed by atoms with Crippen molar-refractivity contribution in [2.75, 3.05) is 26.0 Å². The summed E-state index contributed by atoms with van der Waals surface area (Å²) in [6.07, 6.45) is 2.60. The number of nitrogens with one attached hydrogen (secondary N) is 1. The van der Waals surface area contributed by atoms with Gasteiger partial charge in [-0.25, -0.2) is 4.98 Å². The maximum absolute atomic E-state index is 12.1. The van der Waals surface area contributed by atoms with Crippen LogP contribution in [-0.2, 0) is 21.6 Å². The first-order valence-electron chi connectivity index (χ1n) is 9.29. The monoisotopic (exact) mass is 394 g/mol. The number of piperidine rings is 1. The molecule has 28 heavy (non-hydrogen) atoms. The second-order valence-corrected chi connectivity index (χ2v) is 7.94. The fourth-order valence-corrected chi connectivity index (χ4v) is 4.64. The van der Waals surface area contributed by atoms with Gasteiger partial charge in [0.25, 0.3) is 0 Å². The number of thioether (sulfide) groups is 1. The van der Waals surface area contributed by atoms with Crippen molar-refractivity contribution in [3.63, 3.8) is 0 Å². The van der Waals surface area contributed by atoms with Gasteiger partial charge in [0.2, 0.25) is 5.91 Å². The largest absolute Gasteiger partial charge is 0.364 e. The van der Waals surface area contributed by atoms with Gasteiger partial charge >= 0.3 is 0 Å². The van der Waals surface area contributed by atoms with E-state index in [1.165, 1.54) is 11.8 Å². The molecule has 0 unspecified atom stereocenters. The minimum Gasteiger partial charge on any atom is -0.364 e. The van der Waals surface area contributed by atoms with Gasteiger partial charge in [-0.05, 0) is 30.4 Å². The molecule has 2 aliphatic heterocycles. The number of carbonyl (C=O) groups excluding carboxylic acids is 1. The van der Waals surface area contributed by atoms with Gasteiger partial charge in [0.05, 0.1) is 22.9 Å². The Balaban J connectivity index is 1.54. The number of fused-ring (bicyclic) bond motifs is 1. The standard InChI is InChI=1S/C21H22N4O2S/c1-28-20-15(11-22)7-8-17(23-20)12-25-10-9-21(16-5-3-2-4-6-16)18(13-25)27-14-19(26)24-21/h2-8,18H,9-10,12-14H2,1H3,(H,24,26)/t18-,21+/m1/s1. The molecule has 1 amide bonds. The van der Waals surface area contributed by atoms with Crippen molar-refractivity contribution >= 4 is 17.7 Å². The molecule has 7 heteroatoms. The van der Waals surface area contributed by atoms with Gasteiger partial charge in [0.1, 0.15) is 17.7 Å². The van der Waals surface area contributed by atoms with Crippen LogP contribution in [0.3, 0.4) is 0 Å². The van der Waals surface area contributed by atoms with Crippen molar-refractivity contribution < 1.29 is 9.53 Å². The molecule has 0 aliphatic carbocycles. The third kappa shape index (κ3) is 3.51. The van der Waals surface area contributed by atoms with E-state index in [0.717, 1.165) is 29.2 Å². The zero-order valence-electron chi connectivity index (χ0n) is 15.7. The number of hydrogen-bond acceptors (Lipinski definition) is 6. The SMILES string of the molecule is CSc1nc(CN2CC[C@@]3(c4ccccc4)NC(=O)CO[C@@H]3C2)ccc1C#N. The lowest BCUT2D eigenvalue weighted by molar-refractivity contribution is -0.152. The molecule has 2 saturated heterocycles. The van der Waals surface area contributed by atoms with E-state index in [9.17, 15) is 10.1 Å². The summed E-state index contributed by atoms with van der Waals surface area (Å²) in [4.78, 5) is 19.1. The number of rotatable bonds is 4. The Hall–Kier alpha value is -2.40. The van der Waals surface area contributed by atoms with Gasteiger partial charge < -0.3 is 10.1 Å². The van der Waals surface area contributed by atoms with E-state index in [1.54, 1.807) is 0 Å². The summed E-state index contributed by atoms with van der Waals surface area (Å²) in [5, 5.41) is 13.2. The van der Waals surface area contributed by atoms with Crippen LogP contribution in [0.5, 0.6) is 0 Å². The lowest BCUT2D eigenvalue weighted by Gasteiger charge is -2.50. The number of benzene rings is 1. The maximum Gasteiger partial charge on any atom is 0.246 e. The van der Waals surface area contributed by atoms with Crippen molar-refractivity contribution in [1.82, 2.24) is 15.2 Å². The molecular weight excluding hydrogens is 372 g/mol. The molecule has 0 radical (unpaired) electrons. The first-order chi connectivity index (χ1) is 13.6. The van der Waals surface area contributed by atoms with E-state index in [-0.39, 0.29) is 18.6 Å². The molecule has 1 aromatic heterocycles. The minimum absolute atomic E-state index is 0.0630. The fourth-order valence-electron chi connectivity index (χ4n) is 4.09. The molecule has 0 saturated carbocycles. The summed E-state index contributed by atoms with van der Waals surface area (Å²) >= 11 is 1.49. The molecule has 2 aromatic rings. The Kier molecular flexibility index (Phi) is 5.36. The molecule has 144 valence electrons. The number of likely N-dealkylation sites (tertiary alicyclic amines) is 1. The molecule has 0 bridgehead atoms. The average molecular weight is 395 g/mol. The number of hydrogen-bond donors (Lipinski definition) is 1. The number of morpholine rings is 1. The summed E-state index contributed by atoms with van der Waals surface area (Å²) in [6.45, 7) is 2.33. The molecule has 1 N–H and O–H groups in total. The topological polar surface area (TPSA) is 78.2 Å². The number of nitriles is 1. The van der Waals surface area contributed by atoms with Gasteiger partial charge in [-0.1, -0.05) is 30.3 Å². The van der Waals surface area contributed by atoms with Gasteiger partial charge in [0, 0.05) is 19.6 Å². The van der Waals surface area contributed by atoms with Crippen molar-refractivity contribution in [1.29, 1.82) is 5.26 Å². The summed E-state index contributed by atoms with van der Waals surface area (Å²) in [6, 6.07) is 16.0. The van der Waals surface area contributed by atoms with E-state index in [1.807, 2.05) is 36.6 Å². The van der Waals surface area contributed by atoms with Gasteiger partial charge in [-0.3, -0.25) is 9.69 Å². The molecular formula is C21H22N4O2S. The zero-order valence-corrected chi connectivity index (χ0v) is 16.5. The van der Waals surface area contributed by atoms with Crippen molar-refractivity contribution in [3.8, 4) is 6.07 Å². The van der Waals surface area contributed by atoms with Crippen LogP contribution < -0.4 is 5.32 Å². The Labute approximate surface area is 168 Å². The van der Waals surface area contributed by atoms with Crippen LogP contribution in [0.25, 0.3) is 0 Å². The number of pyridine rings is 1. The fraction of sp³-hybridized carbons (Fsp3) is 0.381. The Bertz CT molecular complexity index is 914. The predicted molar refractivity (Wildman–Crippen MR) is 107 cm³/mol. The highest BCUT2D eigenvalue weighted by molar-refractivity contribution is 7.98. The highest BCUT2D eigenvalue weighted by atomic mass is 32.2. The van der Waals surface area contributed by atoms with Crippen LogP contribution in [-0.4, -0.2) is 47.8 Å². The van der Waals surface area contributed by atoms with Crippen molar-refractivity contribution in [2.45, 2.75) is 29.6 Å². The zero-order chi connectivity index (χ0) is 19.6. The first kappa shape index (κ1) is 18.9. The molecule has 6 nitrogen and oxygen atoms in total. The third-order valence-electron chi connectivity index (χ3n) is 5.48. The third-order valence-corrected chi connectivity index (χ3v) is 6.18. The van der Waals surface area contributed by atoms with Crippen LogP contribution in [0.2, 0.25) is 0 Å². The molecule has 2 aliphatic rings. The van der Waals surface area contributed by atoms with E-state index >= 15 is 0 Å². The van der Waals surface area contributed by atoms with E-state index < -0.39 is 5.54 Å². The van der Waals surface area contributed by atoms with Crippen LogP contribution in [0.15, 0.2) is 47.5 Å². The summed E-state index contributed by atoms with van der Waals surface area (Å²) in [7, 11) is 0. The molecule has 3 heterocycles. The molecule has 0 spiro atoms. The second-order valence-electron chi connectivity index (χ2n) is 7.14. The number of amides is 1. The Morgan fingerprint density at radius 2 is 2.18 bits per heavy atom. The van der Waals surface area contributed by atoms with Crippen LogP contribution in [0.1, 0.15) is 23.2 Å². The first-order valence-corrected chi connectivity index (χ1v) is 10.5. The number of aromatic nitrogens is 1. The average Bonchev–Trinajstić information content (AvgIpc) is 2.74. The highest BCUT2D eigenvalue weighted by Crippen LogP contribution is 2.37. The van der Waals surface area contributed by atoms with E-state index in [4.69, 9.17) is 4.74 Å². The Morgan fingerprint density at radius 3 is 2.93 bits per heavy atom. The molecule has 1 aromatic carbocycles. The van der Waals surface area contributed by atoms with Crippen molar-refractivity contribution in [3.05, 3.63) is 59.3 Å². The van der Waals surface area contributed by atoms with E-state index in [0.29, 0.717) is 18.7 Å². The lowest BCUT2D eigenvalue weighted by Crippen LogP contribution is -2.66. The quantitative estimate of drug-likeness (QED) is 0.802. The minimum atomic E-state index is -0.477.